The van der Waals surface area contributed by atoms with E-state index < -0.39 is 0 Å². The molecule has 19 heavy (non-hydrogen) atoms. The molecule has 0 aliphatic heterocycles. The van der Waals surface area contributed by atoms with Crippen LogP contribution in [0.4, 0.5) is 0 Å². The van der Waals surface area contributed by atoms with Crippen LogP contribution in [0.15, 0.2) is 24.3 Å². The zero-order valence-corrected chi connectivity index (χ0v) is 12.0. The van der Waals surface area contributed by atoms with Crippen LogP contribution in [0.1, 0.15) is 39.0 Å². The van der Waals surface area contributed by atoms with Gasteiger partial charge in [0.15, 0.2) is 0 Å². The summed E-state index contributed by atoms with van der Waals surface area (Å²) in [7, 11) is 1.68. The van der Waals surface area contributed by atoms with E-state index in [1.807, 2.05) is 24.3 Å². The van der Waals surface area contributed by atoms with E-state index >= 15 is 0 Å². The zero-order chi connectivity index (χ0) is 13.5. The molecule has 3 heteroatoms. The van der Waals surface area contributed by atoms with Crippen molar-refractivity contribution in [3.8, 4) is 11.5 Å². The van der Waals surface area contributed by atoms with E-state index in [9.17, 15) is 0 Å². The number of benzene rings is 1. The molecule has 2 rings (SSSR count). The summed E-state index contributed by atoms with van der Waals surface area (Å²) in [4.78, 5) is 0. The first-order valence-corrected chi connectivity index (χ1v) is 7.36. The third kappa shape index (κ3) is 4.43. The molecule has 0 spiro atoms. The second kappa shape index (κ2) is 7.39. The van der Waals surface area contributed by atoms with Crippen molar-refractivity contribution >= 4 is 0 Å². The van der Waals surface area contributed by atoms with Crippen LogP contribution in [0.5, 0.6) is 11.5 Å². The van der Waals surface area contributed by atoms with Gasteiger partial charge in [-0.3, -0.25) is 0 Å². The Kier molecular flexibility index (Phi) is 5.52. The van der Waals surface area contributed by atoms with Crippen molar-refractivity contribution in [2.75, 3.05) is 13.7 Å². The van der Waals surface area contributed by atoms with Gasteiger partial charge in [-0.25, -0.2) is 0 Å². The molecule has 2 atom stereocenters. The molecular formula is C16H25NO2. The zero-order valence-electron chi connectivity index (χ0n) is 12.0. The average Bonchev–Trinajstić information content (AvgIpc) is 2.46. The van der Waals surface area contributed by atoms with Gasteiger partial charge in [0, 0.05) is 12.1 Å². The summed E-state index contributed by atoms with van der Waals surface area (Å²) >= 11 is 0. The van der Waals surface area contributed by atoms with Crippen LogP contribution in [0.2, 0.25) is 0 Å². The first-order valence-electron chi connectivity index (χ1n) is 7.36. The summed E-state index contributed by atoms with van der Waals surface area (Å²) < 4.78 is 11.3. The minimum atomic E-state index is 0.329. The average molecular weight is 263 g/mol. The van der Waals surface area contributed by atoms with Gasteiger partial charge in [0.05, 0.1) is 7.11 Å². The fourth-order valence-electron chi connectivity index (χ4n) is 2.65. The first kappa shape index (κ1) is 14.2. The highest BCUT2D eigenvalue weighted by Crippen LogP contribution is 2.26. The third-order valence-corrected chi connectivity index (χ3v) is 3.65. The van der Waals surface area contributed by atoms with E-state index in [0.29, 0.717) is 12.1 Å². The Bertz CT molecular complexity index is 381. The highest BCUT2D eigenvalue weighted by atomic mass is 16.5. The van der Waals surface area contributed by atoms with Crippen LogP contribution in [0.25, 0.3) is 0 Å². The molecule has 1 aliphatic rings. The van der Waals surface area contributed by atoms with Crippen molar-refractivity contribution in [1.82, 2.24) is 5.32 Å². The number of hydrogen-bond donors (Lipinski definition) is 1. The normalized spacial score (nSPS) is 23.1. The Hall–Kier alpha value is -1.22. The van der Waals surface area contributed by atoms with Crippen LogP contribution in [0.3, 0.4) is 0 Å². The van der Waals surface area contributed by atoms with Crippen LogP contribution in [-0.4, -0.2) is 25.8 Å². The molecule has 2 unspecified atom stereocenters. The molecule has 1 aliphatic carbocycles. The van der Waals surface area contributed by atoms with Gasteiger partial charge < -0.3 is 14.8 Å². The van der Waals surface area contributed by atoms with E-state index in [4.69, 9.17) is 9.47 Å². The smallest absolute Gasteiger partial charge is 0.123 e. The minimum Gasteiger partial charge on any atom is -0.497 e. The van der Waals surface area contributed by atoms with Gasteiger partial charge in [-0.05, 0) is 50.8 Å². The molecule has 0 amide bonds. The Morgan fingerprint density at radius 1 is 1.26 bits per heavy atom. The maximum absolute atomic E-state index is 6.09. The van der Waals surface area contributed by atoms with Crippen molar-refractivity contribution in [3.05, 3.63) is 24.3 Å². The van der Waals surface area contributed by atoms with E-state index in [1.165, 1.54) is 19.3 Å². The number of nitrogens with one attached hydrogen (secondary N) is 1. The predicted molar refractivity (Wildman–Crippen MR) is 78.0 cm³/mol. The number of ether oxygens (including phenoxy) is 2. The molecule has 1 aromatic carbocycles. The lowest BCUT2D eigenvalue weighted by Crippen LogP contribution is -2.38. The van der Waals surface area contributed by atoms with Gasteiger partial charge >= 0.3 is 0 Å². The van der Waals surface area contributed by atoms with E-state index in [0.717, 1.165) is 30.9 Å². The lowest BCUT2D eigenvalue weighted by atomic mass is 9.92. The number of hydrogen-bond acceptors (Lipinski definition) is 3. The fraction of sp³-hybridized carbons (Fsp3) is 0.625. The number of rotatable bonds is 6. The van der Waals surface area contributed by atoms with E-state index in [1.54, 1.807) is 7.11 Å². The fourth-order valence-corrected chi connectivity index (χ4v) is 2.65. The van der Waals surface area contributed by atoms with Gasteiger partial charge in [0.1, 0.15) is 17.6 Å². The van der Waals surface area contributed by atoms with Crippen molar-refractivity contribution in [1.29, 1.82) is 0 Å². The maximum atomic E-state index is 6.09. The van der Waals surface area contributed by atoms with Crippen LogP contribution in [0, 0.1) is 0 Å². The molecule has 0 aromatic heterocycles. The third-order valence-electron chi connectivity index (χ3n) is 3.65. The summed E-state index contributed by atoms with van der Waals surface area (Å²) in [5.74, 6) is 1.77. The lowest BCUT2D eigenvalue weighted by molar-refractivity contribution is 0.134. The quantitative estimate of drug-likeness (QED) is 0.853. The van der Waals surface area contributed by atoms with Crippen molar-refractivity contribution in [2.24, 2.45) is 0 Å². The van der Waals surface area contributed by atoms with Crippen molar-refractivity contribution in [2.45, 2.75) is 51.2 Å². The maximum Gasteiger partial charge on any atom is 0.123 e. The Morgan fingerprint density at radius 3 is 2.89 bits per heavy atom. The summed E-state index contributed by atoms with van der Waals surface area (Å²) in [6.07, 6.45) is 6.31. The molecule has 0 radical (unpaired) electrons. The molecule has 0 heterocycles. The summed E-state index contributed by atoms with van der Waals surface area (Å²) in [5, 5.41) is 3.60. The van der Waals surface area contributed by atoms with Crippen molar-refractivity contribution < 1.29 is 9.47 Å². The lowest BCUT2D eigenvalue weighted by Gasteiger charge is -2.30. The highest BCUT2D eigenvalue weighted by Gasteiger charge is 2.22. The van der Waals surface area contributed by atoms with Crippen LogP contribution in [-0.2, 0) is 0 Å². The van der Waals surface area contributed by atoms with Crippen molar-refractivity contribution in [3.63, 3.8) is 0 Å². The minimum absolute atomic E-state index is 0.329. The molecule has 3 nitrogen and oxygen atoms in total. The Morgan fingerprint density at radius 2 is 2.11 bits per heavy atom. The molecule has 106 valence electrons. The summed E-state index contributed by atoms with van der Waals surface area (Å²) in [6, 6.07) is 8.50. The summed E-state index contributed by atoms with van der Waals surface area (Å²) in [5.41, 5.74) is 0. The largest absolute Gasteiger partial charge is 0.497 e. The molecule has 1 fully saturated rings. The second-order valence-corrected chi connectivity index (χ2v) is 5.24. The van der Waals surface area contributed by atoms with Crippen LogP contribution < -0.4 is 14.8 Å². The van der Waals surface area contributed by atoms with Gasteiger partial charge in [-0.1, -0.05) is 13.0 Å². The SMILES string of the molecule is CCCNC1CCCC(Oc2cccc(OC)c2)C1. The van der Waals surface area contributed by atoms with Crippen LogP contribution >= 0.6 is 0 Å². The van der Waals surface area contributed by atoms with Gasteiger partial charge in [0.25, 0.3) is 0 Å². The topological polar surface area (TPSA) is 30.5 Å². The molecule has 1 aromatic rings. The Balaban J connectivity index is 1.87. The predicted octanol–water partition coefficient (Wildman–Crippen LogP) is 3.38. The summed E-state index contributed by atoms with van der Waals surface area (Å²) in [6.45, 7) is 3.32. The van der Waals surface area contributed by atoms with Gasteiger partial charge in [0.2, 0.25) is 0 Å². The molecular weight excluding hydrogens is 238 g/mol. The van der Waals surface area contributed by atoms with E-state index in [2.05, 4.69) is 12.2 Å². The molecule has 1 saturated carbocycles. The standard InChI is InChI=1S/C16H25NO2/c1-3-10-17-13-6-4-8-15(11-13)19-16-9-5-7-14(12-16)18-2/h5,7,9,12-13,15,17H,3-4,6,8,10-11H2,1-2H3. The monoisotopic (exact) mass is 263 g/mol. The van der Waals surface area contributed by atoms with E-state index in [-0.39, 0.29) is 0 Å². The van der Waals surface area contributed by atoms with Gasteiger partial charge in [-0.2, -0.15) is 0 Å². The Labute approximate surface area is 116 Å². The highest BCUT2D eigenvalue weighted by molar-refractivity contribution is 5.33. The molecule has 0 bridgehead atoms. The molecule has 1 N–H and O–H groups in total. The molecule has 0 saturated heterocycles. The second-order valence-electron chi connectivity index (χ2n) is 5.24. The van der Waals surface area contributed by atoms with Gasteiger partial charge in [-0.15, -0.1) is 0 Å². The first-order chi connectivity index (χ1) is 9.31. The number of methoxy groups -OCH3 is 1.